The summed E-state index contributed by atoms with van der Waals surface area (Å²) in [5, 5.41) is 0. The number of rotatable bonds is 1. The average molecular weight is 228 g/mol. The van der Waals surface area contributed by atoms with Gasteiger partial charge in [0.1, 0.15) is 0 Å². The van der Waals surface area contributed by atoms with Gasteiger partial charge in [-0.15, -0.1) is 19.7 Å². The molecule has 0 amide bonds. The van der Waals surface area contributed by atoms with E-state index in [0.29, 0.717) is 0 Å². The summed E-state index contributed by atoms with van der Waals surface area (Å²) in [6, 6.07) is 0. The molecule has 0 saturated carbocycles. The second kappa shape index (κ2) is 268. The Morgan fingerprint density at radius 3 is 0.875 bits per heavy atom. The zero-order valence-electron chi connectivity index (χ0n) is 13.1. The molecule has 100 valence electrons. The van der Waals surface area contributed by atoms with Crippen LogP contribution in [0.1, 0.15) is 55.4 Å². The third kappa shape index (κ3) is 2010. The SMILES string of the molecule is C=C.C=C/C=C\C.C=CC.CC.CC.CC. The van der Waals surface area contributed by atoms with E-state index < -0.39 is 0 Å². The van der Waals surface area contributed by atoms with Crippen LogP contribution >= 0.6 is 0 Å². The molecule has 0 aromatic rings. The van der Waals surface area contributed by atoms with Crippen LogP contribution in [0.3, 0.4) is 0 Å². The summed E-state index contributed by atoms with van der Waals surface area (Å²) >= 11 is 0. The minimum Gasteiger partial charge on any atom is -0.106 e. The van der Waals surface area contributed by atoms with Gasteiger partial charge in [0.25, 0.3) is 0 Å². The van der Waals surface area contributed by atoms with Crippen LogP contribution in [0.2, 0.25) is 0 Å². The molecule has 0 spiro atoms. The summed E-state index contributed by atoms with van der Waals surface area (Å²) in [6.07, 6.45) is 7.33. The lowest BCUT2D eigenvalue weighted by molar-refractivity contribution is 1.50. The molecule has 0 atom stereocenters. The van der Waals surface area contributed by atoms with Gasteiger partial charge in [0.05, 0.1) is 0 Å². The second-order valence-corrected chi connectivity index (χ2v) is 1.17. The van der Waals surface area contributed by atoms with Gasteiger partial charge in [0, 0.05) is 0 Å². The lowest BCUT2D eigenvalue weighted by Gasteiger charge is -1.56. The predicted octanol–water partition coefficient (Wildman–Crippen LogP) is 6.82. The van der Waals surface area contributed by atoms with E-state index in [2.05, 4.69) is 26.3 Å². The smallest absolute Gasteiger partial charge is 0.0467 e. The zero-order chi connectivity index (χ0) is 14.8. The predicted molar refractivity (Wildman–Crippen MR) is 86.2 cm³/mol. The molecule has 0 bridgehead atoms. The Morgan fingerprint density at radius 2 is 0.875 bits per heavy atom. The highest BCUT2D eigenvalue weighted by Crippen LogP contribution is 1.64. The average Bonchev–Trinajstić information content (AvgIpc) is 2.41. The first-order valence-electron chi connectivity index (χ1n) is 6.14. The fourth-order valence-corrected chi connectivity index (χ4v) is 0.136. The molecule has 0 nitrogen and oxygen atoms in total. The Balaban J connectivity index is -0.0000000201. The van der Waals surface area contributed by atoms with Crippen molar-refractivity contribution in [2.45, 2.75) is 55.4 Å². The molecule has 0 aliphatic rings. The molecule has 0 aromatic heterocycles. The Bertz CT molecular complexity index is 78.0. The van der Waals surface area contributed by atoms with Gasteiger partial charge in [-0.2, -0.15) is 0 Å². The molecule has 0 heteroatoms. The van der Waals surface area contributed by atoms with Crippen molar-refractivity contribution in [1.82, 2.24) is 0 Å². The third-order valence-electron chi connectivity index (χ3n) is 0.329. The largest absolute Gasteiger partial charge is 0.106 e. The van der Waals surface area contributed by atoms with Crippen LogP contribution in [0.15, 0.2) is 50.6 Å². The molecule has 0 saturated heterocycles. The lowest BCUT2D eigenvalue weighted by Crippen LogP contribution is -1.33. The summed E-state index contributed by atoms with van der Waals surface area (Å²) < 4.78 is 0. The molecule has 16 heavy (non-hydrogen) atoms. The van der Waals surface area contributed by atoms with Gasteiger partial charge < -0.3 is 0 Å². The van der Waals surface area contributed by atoms with Crippen LogP contribution in [0.25, 0.3) is 0 Å². The number of hydrogen-bond donors (Lipinski definition) is 0. The summed E-state index contributed by atoms with van der Waals surface area (Å²) in [6.45, 7) is 28.7. The van der Waals surface area contributed by atoms with Crippen molar-refractivity contribution in [3.05, 3.63) is 50.6 Å². The fraction of sp³-hybridized carbons (Fsp3) is 0.500. The molecule has 0 heterocycles. The van der Waals surface area contributed by atoms with Gasteiger partial charge in [0.2, 0.25) is 0 Å². The Labute approximate surface area is 106 Å². The van der Waals surface area contributed by atoms with E-state index in [1.165, 1.54) is 0 Å². The normalized spacial score (nSPS) is 5.00. The minimum absolute atomic E-state index is 1.75. The van der Waals surface area contributed by atoms with E-state index in [9.17, 15) is 0 Å². The van der Waals surface area contributed by atoms with Crippen LogP contribution in [0, 0.1) is 0 Å². The van der Waals surface area contributed by atoms with E-state index >= 15 is 0 Å². The molecular formula is C16H36. The van der Waals surface area contributed by atoms with Gasteiger partial charge in [-0.25, -0.2) is 0 Å². The summed E-state index contributed by atoms with van der Waals surface area (Å²) in [7, 11) is 0. The second-order valence-electron chi connectivity index (χ2n) is 1.17. The molecular weight excluding hydrogens is 192 g/mol. The maximum Gasteiger partial charge on any atom is -0.0467 e. The molecule has 0 N–H and O–H groups in total. The van der Waals surface area contributed by atoms with Crippen molar-refractivity contribution in [3.8, 4) is 0 Å². The molecule has 0 aliphatic heterocycles. The summed E-state index contributed by atoms with van der Waals surface area (Å²) in [5.41, 5.74) is 0. The van der Waals surface area contributed by atoms with Crippen LogP contribution in [-0.4, -0.2) is 0 Å². The Morgan fingerprint density at radius 1 is 0.688 bits per heavy atom. The van der Waals surface area contributed by atoms with E-state index in [4.69, 9.17) is 0 Å². The molecule has 0 unspecified atom stereocenters. The van der Waals surface area contributed by atoms with Crippen molar-refractivity contribution < 1.29 is 0 Å². The van der Waals surface area contributed by atoms with Crippen molar-refractivity contribution >= 4 is 0 Å². The maximum atomic E-state index is 3.46. The highest BCUT2D eigenvalue weighted by Gasteiger charge is 1.42. The van der Waals surface area contributed by atoms with E-state index in [1.54, 1.807) is 12.2 Å². The molecule has 0 aromatic carbocycles. The Kier molecular flexibility index (Phi) is 607. The van der Waals surface area contributed by atoms with Gasteiger partial charge >= 0.3 is 0 Å². The van der Waals surface area contributed by atoms with Crippen LogP contribution in [-0.2, 0) is 0 Å². The van der Waals surface area contributed by atoms with Crippen molar-refractivity contribution in [2.75, 3.05) is 0 Å². The molecule has 0 radical (unpaired) electrons. The van der Waals surface area contributed by atoms with Crippen LogP contribution in [0.5, 0.6) is 0 Å². The monoisotopic (exact) mass is 228 g/mol. The first-order chi connectivity index (χ1) is 7.83. The Hall–Kier alpha value is -1.04. The van der Waals surface area contributed by atoms with Crippen LogP contribution in [0.4, 0.5) is 0 Å². The molecule has 0 aliphatic carbocycles. The third-order valence-corrected chi connectivity index (χ3v) is 0.329. The first kappa shape index (κ1) is 36.3. The topological polar surface area (TPSA) is 0 Å². The maximum absolute atomic E-state index is 3.46. The van der Waals surface area contributed by atoms with Crippen molar-refractivity contribution in [1.29, 1.82) is 0 Å². The zero-order valence-corrected chi connectivity index (χ0v) is 13.1. The quantitative estimate of drug-likeness (QED) is 0.341. The minimum atomic E-state index is 1.75. The fourth-order valence-electron chi connectivity index (χ4n) is 0.136. The standard InChI is InChI=1S/C5H8.C3H6.3C2H6.C2H4/c1-3-5-4-2;1-3-2;4*1-2/h3-5H,1H2,2H3;3H,1H2,2H3;3*1-2H3;1-2H2/b5-4-;;;;;. The van der Waals surface area contributed by atoms with Crippen LogP contribution < -0.4 is 0 Å². The van der Waals surface area contributed by atoms with E-state index in [-0.39, 0.29) is 0 Å². The number of allylic oxidation sites excluding steroid dienone is 4. The van der Waals surface area contributed by atoms with Crippen molar-refractivity contribution in [2.24, 2.45) is 0 Å². The van der Waals surface area contributed by atoms with Gasteiger partial charge in [-0.3, -0.25) is 0 Å². The van der Waals surface area contributed by atoms with Crippen molar-refractivity contribution in [3.63, 3.8) is 0 Å². The highest BCUT2D eigenvalue weighted by atomic mass is 13.5. The summed E-state index contributed by atoms with van der Waals surface area (Å²) in [5.74, 6) is 0. The lowest BCUT2D eigenvalue weighted by atomic mass is 10.5. The van der Waals surface area contributed by atoms with Gasteiger partial charge in [-0.1, -0.05) is 72.4 Å². The summed E-state index contributed by atoms with van der Waals surface area (Å²) in [4.78, 5) is 0. The van der Waals surface area contributed by atoms with Gasteiger partial charge in [-0.05, 0) is 13.8 Å². The van der Waals surface area contributed by atoms with Gasteiger partial charge in [0.15, 0.2) is 0 Å². The number of hydrogen-bond acceptors (Lipinski definition) is 0. The molecule has 0 rings (SSSR count). The van der Waals surface area contributed by atoms with E-state index in [0.717, 1.165) is 0 Å². The highest BCUT2D eigenvalue weighted by molar-refractivity contribution is 4.94. The molecule has 0 fully saturated rings. The van der Waals surface area contributed by atoms with E-state index in [1.807, 2.05) is 67.5 Å². The first-order valence-corrected chi connectivity index (χ1v) is 6.14.